The van der Waals surface area contributed by atoms with Gasteiger partial charge in [0, 0.05) is 5.54 Å². The van der Waals surface area contributed by atoms with E-state index in [9.17, 15) is 19.8 Å². The highest BCUT2D eigenvalue weighted by atomic mass is 16.4. The third-order valence-corrected chi connectivity index (χ3v) is 15.7. The molecule has 4 fully saturated rings. The van der Waals surface area contributed by atoms with Crippen LogP contribution < -0.4 is 10.6 Å². The molecule has 312 valence electrons. The number of allylic oxidation sites excluding steroid dienone is 3. The number of hydrogen-bond acceptors (Lipinski definition) is 4. The highest BCUT2D eigenvalue weighted by molar-refractivity contribution is 5.88. The summed E-state index contributed by atoms with van der Waals surface area (Å²) in [5, 5.41) is 26.4. The van der Waals surface area contributed by atoms with E-state index in [1.807, 2.05) is 49.4 Å². The molecule has 0 spiro atoms. The van der Waals surface area contributed by atoms with Crippen molar-refractivity contribution in [2.45, 2.75) is 117 Å². The number of fused-ring (bicyclic) bond motifs is 7. The maximum atomic E-state index is 13.6. The van der Waals surface area contributed by atoms with Crippen LogP contribution >= 0.6 is 0 Å². The Hall–Kier alpha value is -4.54. The van der Waals surface area contributed by atoms with Gasteiger partial charge in [-0.25, -0.2) is 4.79 Å². The van der Waals surface area contributed by atoms with Crippen molar-refractivity contribution in [2.75, 3.05) is 13.2 Å². The van der Waals surface area contributed by atoms with Gasteiger partial charge in [0.05, 0.1) is 24.8 Å². The Bertz CT molecular complexity index is 1770. The summed E-state index contributed by atoms with van der Waals surface area (Å²) in [6.45, 7) is 18.2. The van der Waals surface area contributed by atoms with Crippen LogP contribution in [-0.2, 0) is 4.79 Å². The van der Waals surface area contributed by atoms with Crippen LogP contribution in [0.2, 0.25) is 0 Å². The number of amides is 1. The van der Waals surface area contributed by atoms with E-state index in [2.05, 4.69) is 96.4 Å². The number of carboxylic acid groups (broad SMARTS) is 1. The average Bonchev–Trinajstić information content (AvgIpc) is 3.65. The van der Waals surface area contributed by atoms with Crippen LogP contribution in [0, 0.1) is 83.9 Å². The van der Waals surface area contributed by atoms with Crippen LogP contribution in [0.15, 0.2) is 73.3 Å². The van der Waals surface area contributed by atoms with E-state index < -0.39 is 5.97 Å². The second-order valence-corrected chi connectivity index (χ2v) is 18.2. The molecule has 0 bridgehead atoms. The maximum absolute atomic E-state index is 13.6. The van der Waals surface area contributed by atoms with E-state index in [1.54, 1.807) is 18.2 Å². The van der Waals surface area contributed by atoms with Crippen molar-refractivity contribution in [2.24, 2.45) is 45.3 Å². The molecule has 5 aliphatic rings. The second-order valence-electron chi connectivity index (χ2n) is 18.2. The lowest BCUT2D eigenvalue weighted by Crippen LogP contribution is -2.68. The molecule has 3 unspecified atom stereocenters. The van der Waals surface area contributed by atoms with Crippen LogP contribution in [0.1, 0.15) is 133 Å². The van der Waals surface area contributed by atoms with Gasteiger partial charge in [0.1, 0.15) is 0 Å². The van der Waals surface area contributed by atoms with Crippen molar-refractivity contribution in [1.82, 2.24) is 10.6 Å². The summed E-state index contributed by atoms with van der Waals surface area (Å²) < 4.78 is 0. The zero-order valence-corrected chi connectivity index (χ0v) is 36.1. The third kappa shape index (κ3) is 8.60. The van der Waals surface area contributed by atoms with Crippen LogP contribution in [0.4, 0.5) is 0 Å². The molecule has 2 aromatic carbocycles. The lowest BCUT2D eigenvalue weighted by atomic mass is 9.33. The fraction of sp³-hybridized carbons (Fsp3) is 0.538. The molecule has 0 heterocycles. The SMILES string of the molecule is C#C.C#C.C#C.C=CC.CC1(C)C(c2ccc(C(=O)O)cc2)=CC[C@@]2(C)C1CC[C@]1(C)C2CC[C@@H]2C3CCC[C@]3(NC(=O)CN[C@H](CO)c3ccccc3)CC[C@]21C. The highest BCUT2D eigenvalue weighted by Gasteiger charge is 2.69. The maximum Gasteiger partial charge on any atom is 0.335 e. The van der Waals surface area contributed by atoms with Crippen LogP contribution in [0.25, 0.3) is 5.57 Å². The number of aliphatic hydroxyl groups is 1. The van der Waals surface area contributed by atoms with Gasteiger partial charge in [0.15, 0.2) is 0 Å². The number of carbonyl (C=O) groups is 2. The van der Waals surface area contributed by atoms with Gasteiger partial charge in [-0.3, -0.25) is 10.1 Å². The molecule has 0 radical (unpaired) electrons. The number of hydrogen-bond donors (Lipinski definition) is 4. The molecule has 0 aliphatic heterocycles. The number of nitrogens with one attached hydrogen (secondary N) is 2. The van der Waals surface area contributed by atoms with E-state index in [0.29, 0.717) is 29.2 Å². The molecular formula is C52H70N2O4. The lowest BCUT2D eigenvalue weighted by Gasteiger charge is -2.72. The highest BCUT2D eigenvalue weighted by Crippen LogP contribution is 2.76. The van der Waals surface area contributed by atoms with Gasteiger partial charge in [-0.05, 0) is 139 Å². The predicted molar refractivity (Wildman–Crippen MR) is 240 cm³/mol. The van der Waals surface area contributed by atoms with Crippen LogP contribution in [-0.4, -0.2) is 40.8 Å². The fourth-order valence-electron chi connectivity index (χ4n) is 13.2. The zero-order chi connectivity index (χ0) is 43.5. The monoisotopic (exact) mass is 787 g/mol. The molecule has 7 rings (SSSR count). The fourth-order valence-corrected chi connectivity index (χ4v) is 13.2. The first-order valence-corrected chi connectivity index (χ1v) is 21.0. The molecule has 4 N–H and O–H groups in total. The quantitative estimate of drug-likeness (QED) is 0.158. The Morgan fingerprint density at radius 3 is 2.02 bits per heavy atom. The number of aromatic carboxylic acids is 1. The van der Waals surface area contributed by atoms with Crippen LogP contribution in [0.3, 0.4) is 0 Å². The molecule has 1 amide bonds. The number of terminal acetylenes is 3. The van der Waals surface area contributed by atoms with Gasteiger partial charge in [-0.1, -0.05) is 95.7 Å². The first-order valence-electron chi connectivity index (χ1n) is 21.0. The smallest absolute Gasteiger partial charge is 0.335 e. The Morgan fingerprint density at radius 1 is 0.810 bits per heavy atom. The van der Waals surface area contributed by atoms with Gasteiger partial charge in [-0.15, -0.1) is 45.1 Å². The molecule has 5 aliphatic carbocycles. The van der Waals surface area contributed by atoms with Crippen molar-refractivity contribution in [3.8, 4) is 38.5 Å². The van der Waals surface area contributed by atoms with E-state index >= 15 is 0 Å². The van der Waals surface area contributed by atoms with Gasteiger partial charge in [-0.2, -0.15) is 0 Å². The number of carboxylic acids is 1. The molecule has 6 nitrogen and oxygen atoms in total. The largest absolute Gasteiger partial charge is 0.478 e. The molecule has 0 saturated heterocycles. The van der Waals surface area contributed by atoms with E-state index in [-0.39, 0.29) is 52.3 Å². The zero-order valence-electron chi connectivity index (χ0n) is 36.1. The lowest BCUT2D eigenvalue weighted by molar-refractivity contribution is -0.216. The van der Waals surface area contributed by atoms with Crippen molar-refractivity contribution in [3.63, 3.8) is 0 Å². The van der Waals surface area contributed by atoms with Crippen molar-refractivity contribution in [3.05, 3.63) is 90.0 Å². The summed E-state index contributed by atoms with van der Waals surface area (Å²) >= 11 is 0. The van der Waals surface area contributed by atoms with E-state index in [1.165, 1.54) is 50.5 Å². The number of aliphatic hydroxyl groups excluding tert-OH is 1. The van der Waals surface area contributed by atoms with Crippen LogP contribution in [0.5, 0.6) is 0 Å². The Labute approximate surface area is 351 Å². The van der Waals surface area contributed by atoms with Crippen molar-refractivity contribution < 1.29 is 19.8 Å². The summed E-state index contributed by atoms with van der Waals surface area (Å²) in [5.41, 5.74) is 4.46. The van der Waals surface area contributed by atoms with E-state index in [4.69, 9.17) is 0 Å². The summed E-state index contributed by atoms with van der Waals surface area (Å²) in [6.07, 6.45) is 40.0. The second kappa shape index (κ2) is 19.9. The van der Waals surface area contributed by atoms with Gasteiger partial charge in [0.2, 0.25) is 5.91 Å². The standard InChI is InChI=1S/C43H58N2O4.C3H6.3C2H2/c1-39(2)31(28-13-15-30(16-14-28)38(48)49)19-22-40(3)35(39)20-23-42(5)36(40)18-17-32-33-12-9-21-43(33,25-24-41(32,42)4)45-37(47)26-44-34(27-46)29-10-7-6-8-11-29;1-3-2;3*1-2/h6-8,10-11,13-16,19,32-36,44,46H,9,12,17-18,20-27H2,1-5H3,(H,45,47)(H,48,49);3H,1H2,2H3;3*1-2H/t32-,33?,34-,35?,36?,40+,41-,42-,43+;;;;/m1..../s1. The minimum atomic E-state index is -0.876. The molecule has 58 heavy (non-hydrogen) atoms. The third-order valence-electron chi connectivity index (χ3n) is 15.7. The molecule has 4 saturated carbocycles. The molecular weight excluding hydrogens is 717 g/mol. The van der Waals surface area contributed by atoms with Crippen molar-refractivity contribution >= 4 is 17.4 Å². The molecule has 9 atom stereocenters. The normalized spacial score (nSPS) is 32.6. The first-order chi connectivity index (χ1) is 27.7. The predicted octanol–water partition coefficient (Wildman–Crippen LogP) is 10.4. The minimum Gasteiger partial charge on any atom is -0.478 e. The average molecular weight is 787 g/mol. The summed E-state index contributed by atoms with van der Waals surface area (Å²) in [6, 6.07) is 17.2. The Kier molecular flexibility index (Phi) is 16.4. The number of rotatable bonds is 8. The summed E-state index contributed by atoms with van der Waals surface area (Å²) in [5.74, 6) is 1.53. The summed E-state index contributed by atoms with van der Waals surface area (Å²) in [7, 11) is 0. The van der Waals surface area contributed by atoms with Gasteiger partial charge < -0.3 is 15.5 Å². The topological polar surface area (TPSA) is 98.7 Å². The minimum absolute atomic E-state index is 0.00213. The molecule has 6 heteroatoms. The Balaban J connectivity index is 0.000000930. The Morgan fingerprint density at radius 2 is 1.43 bits per heavy atom. The van der Waals surface area contributed by atoms with Gasteiger partial charge >= 0.3 is 5.97 Å². The number of benzene rings is 2. The number of carbonyl (C=O) groups excluding carboxylic acids is 1. The van der Waals surface area contributed by atoms with Crippen molar-refractivity contribution in [1.29, 1.82) is 0 Å². The molecule has 2 aromatic rings. The summed E-state index contributed by atoms with van der Waals surface area (Å²) in [4.78, 5) is 25.1. The molecule has 0 aromatic heterocycles. The van der Waals surface area contributed by atoms with E-state index in [0.717, 1.165) is 30.4 Å². The van der Waals surface area contributed by atoms with Gasteiger partial charge in [0.25, 0.3) is 0 Å². The first kappa shape index (κ1) is 47.8.